The first-order valence-electron chi connectivity index (χ1n) is 12.8. The maximum absolute atomic E-state index is 6.24. The smallest absolute Gasteiger partial charge is 0.232 e. The Morgan fingerprint density at radius 2 is 1.16 bits per heavy atom. The summed E-state index contributed by atoms with van der Waals surface area (Å²) in [4.78, 5) is 18.3. The topological polar surface area (TPSA) is 170 Å². The highest BCUT2D eigenvalue weighted by Crippen LogP contribution is 2.24. The fraction of sp³-hybridized carbons (Fsp3) is 0.423. The number of halogens is 1. The van der Waals surface area contributed by atoms with Gasteiger partial charge < -0.3 is 42.8 Å². The molecule has 0 aliphatic carbocycles. The molecule has 0 unspecified atom stereocenters. The molecule has 2 saturated heterocycles. The van der Waals surface area contributed by atoms with Crippen molar-refractivity contribution in [2.24, 2.45) is 22.9 Å². The normalized spacial score (nSPS) is 23.5. The van der Waals surface area contributed by atoms with E-state index in [1.807, 2.05) is 64.4 Å². The summed E-state index contributed by atoms with van der Waals surface area (Å²) in [6, 6.07) is 17.5. The lowest BCUT2D eigenvalue weighted by atomic mass is 10.0. The van der Waals surface area contributed by atoms with Gasteiger partial charge in [-0.25, -0.2) is 0 Å². The van der Waals surface area contributed by atoms with E-state index in [1.165, 1.54) is 0 Å². The van der Waals surface area contributed by atoms with Crippen LogP contribution in [-0.2, 0) is 6.54 Å². The van der Waals surface area contributed by atoms with Gasteiger partial charge in [-0.3, -0.25) is 0 Å². The summed E-state index contributed by atoms with van der Waals surface area (Å²) in [5.74, 6) is 3.16. The molecule has 3 heterocycles. The number of hydrogen-bond donors (Lipinski definition) is 5. The molecule has 1 aromatic heterocycles. The van der Waals surface area contributed by atoms with Crippen molar-refractivity contribution in [3.05, 3.63) is 60.2 Å². The van der Waals surface area contributed by atoms with Gasteiger partial charge >= 0.3 is 0 Å². The molecule has 9 N–H and O–H groups in total. The number of aromatic nitrogens is 3. The molecule has 5 rings (SSSR count). The summed E-state index contributed by atoms with van der Waals surface area (Å²) in [6.45, 7) is 3.08. The largest absolute Gasteiger partial charge is 0.457 e. The van der Waals surface area contributed by atoms with Crippen LogP contribution in [0.25, 0.3) is 0 Å². The van der Waals surface area contributed by atoms with Gasteiger partial charge in [-0.15, -0.1) is 12.4 Å². The first kappa shape index (κ1) is 27.8. The summed E-state index contributed by atoms with van der Waals surface area (Å²) < 4.78 is 5.89. The third-order valence-corrected chi connectivity index (χ3v) is 6.56. The van der Waals surface area contributed by atoms with Gasteiger partial charge in [-0.1, -0.05) is 30.3 Å². The lowest BCUT2D eigenvalue weighted by Crippen LogP contribution is -2.54. The van der Waals surface area contributed by atoms with Crippen LogP contribution in [-0.4, -0.2) is 65.3 Å². The van der Waals surface area contributed by atoms with Gasteiger partial charge in [0, 0.05) is 56.9 Å². The summed E-state index contributed by atoms with van der Waals surface area (Å²) in [6.07, 6.45) is 1.55. The molecule has 2 aliphatic heterocycles. The van der Waals surface area contributed by atoms with Crippen molar-refractivity contribution in [1.82, 2.24) is 15.0 Å². The van der Waals surface area contributed by atoms with E-state index in [9.17, 15) is 0 Å². The minimum atomic E-state index is -0.0335. The Labute approximate surface area is 229 Å². The Kier molecular flexibility index (Phi) is 9.18. The van der Waals surface area contributed by atoms with E-state index in [2.05, 4.69) is 5.32 Å². The average Bonchev–Trinajstić information content (AvgIpc) is 2.88. The Bertz CT molecular complexity index is 1100. The quantitative estimate of drug-likeness (QED) is 0.293. The number of anilines is 3. The van der Waals surface area contributed by atoms with E-state index in [-0.39, 0.29) is 36.6 Å². The van der Waals surface area contributed by atoms with Crippen LogP contribution in [0.5, 0.6) is 11.5 Å². The summed E-state index contributed by atoms with van der Waals surface area (Å²) in [7, 11) is 0. The highest BCUT2D eigenvalue weighted by atomic mass is 35.5. The lowest BCUT2D eigenvalue weighted by Gasteiger charge is -2.37. The second-order valence-electron chi connectivity index (χ2n) is 9.99. The highest BCUT2D eigenvalue weighted by Gasteiger charge is 2.28. The first-order chi connectivity index (χ1) is 17.9. The monoisotopic (exact) mass is 540 g/mol. The zero-order valence-corrected chi connectivity index (χ0v) is 22.1. The first-order valence-corrected chi connectivity index (χ1v) is 12.8. The molecule has 2 aliphatic rings. The Balaban J connectivity index is 0.00000336. The van der Waals surface area contributed by atoms with Gasteiger partial charge in [-0.2, -0.15) is 15.0 Å². The van der Waals surface area contributed by atoms with Crippen LogP contribution < -0.4 is 42.8 Å². The summed E-state index contributed by atoms with van der Waals surface area (Å²) in [5, 5.41) is 3.35. The third kappa shape index (κ3) is 7.21. The number of ether oxygens (including phenoxy) is 1. The van der Waals surface area contributed by atoms with Crippen molar-refractivity contribution in [2.45, 2.75) is 43.6 Å². The number of hydrogen-bond acceptors (Lipinski definition) is 11. The van der Waals surface area contributed by atoms with Crippen molar-refractivity contribution in [3.8, 4) is 11.5 Å². The molecule has 2 aromatic carbocycles. The van der Waals surface area contributed by atoms with E-state index in [4.69, 9.17) is 42.6 Å². The minimum absolute atomic E-state index is 0. The number of nitrogens with two attached hydrogens (primary N) is 4. The molecule has 204 valence electrons. The van der Waals surface area contributed by atoms with Crippen molar-refractivity contribution in [3.63, 3.8) is 0 Å². The molecule has 4 atom stereocenters. The van der Waals surface area contributed by atoms with E-state index >= 15 is 0 Å². The number of nitrogens with one attached hydrogen (secondary N) is 1. The SMILES string of the molecule is Cl.N[C@@H]1C[C@H](N)CN(c2nc(NCc3ccc(Oc4ccccc4)cc3)nc(N3C[C@H](N)C[C@H](N)C3)n2)C1. The molecule has 0 spiro atoms. The zero-order valence-electron chi connectivity index (χ0n) is 21.3. The standard InChI is InChI=1S/C26H36N10O.ClH/c27-18-10-19(28)14-35(13-18)25-32-24(33-26(34-25)36-15-20(29)11-21(30)16-36)31-12-17-6-8-23(9-7-17)37-22-4-2-1-3-5-22;/h1-9,18-21H,10-16,27-30H2,(H,31,32,33,34);1H/t18-,19+,20-,21+;. The molecule has 3 aromatic rings. The van der Waals surface area contributed by atoms with Gasteiger partial charge in [-0.05, 0) is 42.7 Å². The van der Waals surface area contributed by atoms with E-state index < -0.39 is 0 Å². The van der Waals surface area contributed by atoms with Crippen molar-refractivity contribution >= 4 is 30.3 Å². The minimum Gasteiger partial charge on any atom is -0.457 e. The number of para-hydroxylation sites is 1. The molecule has 0 amide bonds. The molecule has 0 bridgehead atoms. The molecule has 38 heavy (non-hydrogen) atoms. The van der Waals surface area contributed by atoms with Crippen molar-refractivity contribution in [2.75, 3.05) is 41.3 Å². The van der Waals surface area contributed by atoms with Gasteiger partial charge in [0.1, 0.15) is 11.5 Å². The fourth-order valence-corrected chi connectivity index (χ4v) is 4.88. The van der Waals surface area contributed by atoms with Gasteiger partial charge in [0.2, 0.25) is 17.8 Å². The fourth-order valence-electron chi connectivity index (χ4n) is 4.88. The van der Waals surface area contributed by atoms with Gasteiger partial charge in [0.05, 0.1) is 0 Å². The molecule has 0 saturated carbocycles. The van der Waals surface area contributed by atoms with Crippen LogP contribution in [0.2, 0.25) is 0 Å². The third-order valence-electron chi connectivity index (χ3n) is 6.56. The van der Waals surface area contributed by atoms with Gasteiger partial charge in [0.15, 0.2) is 0 Å². The number of piperidine rings is 2. The molecule has 0 radical (unpaired) electrons. The molecule has 2 fully saturated rings. The molecular formula is C26H37ClN10O. The van der Waals surface area contributed by atoms with Crippen molar-refractivity contribution in [1.29, 1.82) is 0 Å². The molecular weight excluding hydrogens is 504 g/mol. The Hall–Kier alpha value is -3.22. The zero-order chi connectivity index (χ0) is 25.8. The van der Waals surface area contributed by atoms with E-state index in [0.29, 0.717) is 50.6 Å². The summed E-state index contributed by atoms with van der Waals surface area (Å²) >= 11 is 0. The maximum atomic E-state index is 6.24. The van der Waals surface area contributed by atoms with E-state index in [1.54, 1.807) is 0 Å². The lowest BCUT2D eigenvalue weighted by molar-refractivity contribution is 0.441. The predicted octanol–water partition coefficient (Wildman–Crippen LogP) is 1.43. The van der Waals surface area contributed by atoms with Crippen LogP contribution in [0, 0.1) is 0 Å². The average molecular weight is 541 g/mol. The summed E-state index contributed by atoms with van der Waals surface area (Å²) in [5.41, 5.74) is 26.0. The Morgan fingerprint density at radius 3 is 1.66 bits per heavy atom. The maximum Gasteiger partial charge on any atom is 0.232 e. The number of nitrogens with zero attached hydrogens (tertiary/aromatic N) is 5. The van der Waals surface area contributed by atoms with Crippen LogP contribution in [0.3, 0.4) is 0 Å². The Morgan fingerprint density at radius 1 is 0.684 bits per heavy atom. The van der Waals surface area contributed by atoms with Crippen LogP contribution in [0.1, 0.15) is 18.4 Å². The molecule has 11 nitrogen and oxygen atoms in total. The van der Waals surface area contributed by atoms with Crippen LogP contribution in [0.4, 0.5) is 17.8 Å². The predicted molar refractivity (Wildman–Crippen MR) is 153 cm³/mol. The number of benzene rings is 2. The highest BCUT2D eigenvalue weighted by molar-refractivity contribution is 5.85. The van der Waals surface area contributed by atoms with Crippen LogP contribution >= 0.6 is 12.4 Å². The van der Waals surface area contributed by atoms with Gasteiger partial charge in [0.25, 0.3) is 0 Å². The van der Waals surface area contributed by atoms with Crippen molar-refractivity contribution < 1.29 is 4.74 Å². The second-order valence-corrected chi connectivity index (χ2v) is 9.99. The number of rotatable bonds is 7. The van der Waals surface area contributed by atoms with Crippen LogP contribution in [0.15, 0.2) is 54.6 Å². The van der Waals surface area contributed by atoms with E-state index in [0.717, 1.165) is 29.9 Å². The second kappa shape index (κ2) is 12.5. The molecule has 12 heteroatoms.